The second-order valence-electron chi connectivity index (χ2n) is 5.23. The van der Waals surface area contributed by atoms with E-state index in [0.717, 1.165) is 29.7 Å². The molecule has 0 atom stereocenters. The summed E-state index contributed by atoms with van der Waals surface area (Å²) in [6.07, 6.45) is 2.54. The molecule has 120 valence electrons. The van der Waals surface area contributed by atoms with Gasteiger partial charge >= 0.3 is 0 Å². The van der Waals surface area contributed by atoms with Crippen LogP contribution in [-0.4, -0.2) is 22.8 Å². The second-order valence-corrected chi connectivity index (χ2v) is 5.23. The largest absolute Gasteiger partial charge is 0.481 e. The second kappa shape index (κ2) is 6.56. The summed E-state index contributed by atoms with van der Waals surface area (Å²) in [6, 6.07) is 9.04. The molecule has 2 heterocycles. The Morgan fingerprint density at radius 1 is 1.39 bits per heavy atom. The van der Waals surface area contributed by atoms with Crippen LogP contribution in [0.15, 0.2) is 41.0 Å². The number of nitrogens with one attached hydrogen (secondary N) is 1. The van der Waals surface area contributed by atoms with E-state index in [4.69, 9.17) is 9.15 Å². The van der Waals surface area contributed by atoms with Crippen LogP contribution in [0.5, 0.6) is 5.88 Å². The van der Waals surface area contributed by atoms with Crippen LogP contribution in [0.3, 0.4) is 0 Å². The van der Waals surface area contributed by atoms with Gasteiger partial charge in [-0.15, -0.1) is 0 Å². The fraction of sp³-hybridized carbons (Fsp3) is 0.294. The molecule has 1 amide bonds. The molecule has 0 radical (unpaired) electrons. The SMILES string of the molecule is CCCn1nc2cc(C(=O)NCc3ccco3)ccc2c1OC. The molecule has 0 unspecified atom stereocenters. The summed E-state index contributed by atoms with van der Waals surface area (Å²) in [5.41, 5.74) is 1.31. The highest BCUT2D eigenvalue weighted by atomic mass is 16.5. The Labute approximate surface area is 134 Å². The van der Waals surface area contributed by atoms with E-state index in [9.17, 15) is 4.79 Å². The minimum absolute atomic E-state index is 0.160. The highest BCUT2D eigenvalue weighted by Gasteiger charge is 2.14. The van der Waals surface area contributed by atoms with Crippen LogP contribution in [0, 0.1) is 0 Å². The Balaban J connectivity index is 1.83. The van der Waals surface area contributed by atoms with Gasteiger partial charge in [0.25, 0.3) is 5.91 Å². The molecule has 0 aliphatic rings. The van der Waals surface area contributed by atoms with E-state index in [2.05, 4.69) is 17.3 Å². The van der Waals surface area contributed by atoms with Gasteiger partial charge in [0.1, 0.15) is 5.76 Å². The molecule has 0 aliphatic carbocycles. The fourth-order valence-electron chi connectivity index (χ4n) is 2.51. The Kier molecular flexibility index (Phi) is 4.32. The Morgan fingerprint density at radius 2 is 2.26 bits per heavy atom. The van der Waals surface area contributed by atoms with Gasteiger partial charge in [-0.1, -0.05) is 6.92 Å². The maximum atomic E-state index is 12.3. The van der Waals surface area contributed by atoms with Crippen molar-refractivity contribution in [2.75, 3.05) is 7.11 Å². The lowest BCUT2D eigenvalue weighted by Crippen LogP contribution is -2.22. The van der Waals surface area contributed by atoms with Gasteiger partial charge in [-0.3, -0.25) is 4.79 Å². The molecule has 23 heavy (non-hydrogen) atoms. The zero-order chi connectivity index (χ0) is 16.2. The number of carbonyl (C=O) groups excluding carboxylic acids is 1. The summed E-state index contributed by atoms with van der Waals surface area (Å²) >= 11 is 0. The van der Waals surface area contributed by atoms with Crippen molar-refractivity contribution < 1.29 is 13.9 Å². The van der Waals surface area contributed by atoms with E-state index in [0.29, 0.717) is 17.9 Å². The number of furan rings is 1. The van der Waals surface area contributed by atoms with E-state index < -0.39 is 0 Å². The van der Waals surface area contributed by atoms with Crippen LogP contribution in [0.2, 0.25) is 0 Å². The number of aryl methyl sites for hydroxylation is 1. The van der Waals surface area contributed by atoms with Crippen LogP contribution in [-0.2, 0) is 13.1 Å². The molecule has 1 aromatic carbocycles. The summed E-state index contributed by atoms with van der Waals surface area (Å²) in [6.45, 7) is 3.22. The average molecular weight is 313 g/mol. The van der Waals surface area contributed by atoms with Crippen LogP contribution in [0.1, 0.15) is 29.5 Å². The first kappa shape index (κ1) is 15.1. The molecule has 0 aliphatic heterocycles. The predicted octanol–water partition coefficient (Wildman–Crippen LogP) is 2.98. The Hall–Kier alpha value is -2.76. The number of benzene rings is 1. The van der Waals surface area contributed by atoms with E-state index in [-0.39, 0.29) is 5.91 Å². The molecule has 6 heteroatoms. The summed E-state index contributed by atoms with van der Waals surface area (Å²) in [5, 5.41) is 8.25. The third-order valence-electron chi connectivity index (χ3n) is 3.59. The highest BCUT2D eigenvalue weighted by molar-refractivity contribution is 5.98. The third-order valence-corrected chi connectivity index (χ3v) is 3.59. The van der Waals surface area contributed by atoms with Crippen molar-refractivity contribution in [2.24, 2.45) is 0 Å². The number of ether oxygens (including phenoxy) is 1. The molecule has 0 fully saturated rings. The van der Waals surface area contributed by atoms with Crippen molar-refractivity contribution >= 4 is 16.8 Å². The van der Waals surface area contributed by atoms with E-state index in [1.54, 1.807) is 31.6 Å². The molecule has 3 rings (SSSR count). The van der Waals surface area contributed by atoms with Crippen molar-refractivity contribution in [3.63, 3.8) is 0 Å². The summed E-state index contributed by atoms with van der Waals surface area (Å²) < 4.78 is 12.5. The topological polar surface area (TPSA) is 69.3 Å². The first-order valence-electron chi connectivity index (χ1n) is 7.58. The van der Waals surface area contributed by atoms with Crippen LogP contribution in [0.25, 0.3) is 10.9 Å². The number of nitrogens with zero attached hydrogens (tertiary/aromatic N) is 2. The number of fused-ring (bicyclic) bond motifs is 1. The fourth-order valence-corrected chi connectivity index (χ4v) is 2.51. The highest BCUT2D eigenvalue weighted by Crippen LogP contribution is 2.26. The zero-order valence-electron chi connectivity index (χ0n) is 13.2. The molecule has 0 saturated heterocycles. The smallest absolute Gasteiger partial charge is 0.251 e. The van der Waals surface area contributed by atoms with Crippen LogP contribution in [0.4, 0.5) is 0 Å². The Bertz CT molecular complexity index is 806. The first-order chi connectivity index (χ1) is 11.2. The van der Waals surface area contributed by atoms with Gasteiger partial charge in [0.05, 0.1) is 30.8 Å². The van der Waals surface area contributed by atoms with Crippen LogP contribution >= 0.6 is 0 Å². The monoisotopic (exact) mass is 313 g/mol. The van der Waals surface area contributed by atoms with Gasteiger partial charge in [0.15, 0.2) is 0 Å². The van der Waals surface area contributed by atoms with Crippen molar-refractivity contribution in [1.82, 2.24) is 15.1 Å². The minimum Gasteiger partial charge on any atom is -0.481 e. The Morgan fingerprint density at radius 3 is 2.96 bits per heavy atom. The molecule has 1 N–H and O–H groups in total. The standard InChI is InChI=1S/C17H19N3O3/c1-3-8-20-17(22-2)14-7-6-12(10-15(14)19-20)16(21)18-11-13-5-4-9-23-13/h4-7,9-10H,3,8,11H2,1-2H3,(H,18,21). The van der Waals surface area contributed by atoms with E-state index >= 15 is 0 Å². The average Bonchev–Trinajstić information content (AvgIpc) is 3.19. The molecule has 6 nitrogen and oxygen atoms in total. The normalized spacial score (nSPS) is 10.9. The molecule has 3 aromatic rings. The molecule has 0 bridgehead atoms. The lowest BCUT2D eigenvalue weighted by molar-refractivity contribution is 0.0948. The lowest BCUT2D eigenvalue weighted by atomic mass is 10.1. The molecule has 0 saturated carbocycles. The molecule has 0 spiro atoms. The molecular formula is C17H19N3O3. The van der Waals surface area contributed by atoms with Crippen molar-refractivity contribution in [3.8, 4) is 5.88 Å². The van der Waals surface area contributed by atoms with Gasteiger partial charge in [-0.25, -0.2) is 4.68 Å². The van der Waals surface area contributed by atoms with Gasteiger partial charge in [0, 0.05) is 12.1 Å². The maximum absolute atomic E-state index is 12.3. The summed E-state index contributed by atoms with van der Waals surface area (Å²) in [5.74, 6) is 1.28. The van der Waals surface area contributed by atoms with Gasteiger partial charge in [-0.05, 0) is 36.8 Å². The van der Waals surface area contributed by atoms with Gasteiger partial charge < -0.3 is 14.5 Å². The number of methoxy groups -OCH3 is 1. The van der Waals surface area contributed by atoms with E-state index in [1.807, 2.05) is 16.8 Å². The zero-order valence-corrected chi connectivity index (χ0v) is 13.2. The van der Waals surface area contributed by atoms with Crippen molar-refractivity contribution in [2.45, 2.75) is 26.4 Å². The predicted molar refractivity (Wildman–Crippen MR) is 86.5 cm³/mol. The molecule has 2 aromatic heterocycles. The van der Waals surface area contributed by atoms with Crippen LogP contribution < -0.4 is 10.1 Å². The van der Waals surface area contributed by atoms with E-state index in [1.165, 1.54) is 0 Å². The summed E-state index contributed by atoms with van der Waals surface area (Å²) in [7, 11) is 1.63. The first-order valence-corrected chi connectivity index (χ1v) is 7.58. The third kappa shape index (κ3) is 3.06. The summed E-state index contributed by atoms with van der Waals surface area (Å²) in [4.78, 5) is 12.3. The van der Waals surface area contributed by atoms with Gasteiger partial charge in [-0.2, -0.15) is 5.10 Å². The number of hydrogen-bond donors (Lipinski definition) is 1. The number of rotatable bonds is 6. The maximum Gasteiger partial charge on any atom is 0.251 e. The molecular weight excluding hydrogens is 294 g/mol. The van der Waals surface area contributed by atoms with Crippen molar-refractivity contribution in [1.29, 1.82) is 0 Å². The number of carbonyl (C=O) groups is 1. The number of aromatic nitrogens is 2. The number of hydrogen-bond acceptors (Lipinski definition) is 4. The minimum atomic E-state index is -0.160. The van der Waals surface area contributed by atoms with Gasteiger partial charge in [0.2, 0.25) is 5.88 Å². The lowest BCUT2D eigenvalue weighted by Gasteiger charge is -2.04. The quantitative estimate of drug-likeness (QED) is 0.759. The number of amides is 1. The van der Waals surface area contributed by atoms with Crippen molar-refractivity contribution in [3.05, 3.63) is 47.9 Å².